The second-order valence-electron chi connectivity index (χ2n) is 6.89. The van der Waals surface area contributed by atoms with Gasteiger partial charge in [0, 0.05) is 16.7 Å². The van der Waals surface area contributed by atoms with Crippen molar-refractivity contribution in [2.24, 2.45) is 0 Å². The van der Waals surface area contributed by atoms with Gasteiger partial charge in [0.15, 0.2) is 18.1 Å². The van der Waals surface area contributed by atoms with E-state index in [1.807, 2.05) is 13.8 Å². The van der Waals surface area contributed by atoms with Crippen LogP contribution in [0.5, 0.6) is 11.8 Å². The van der Waals surface area contributed by atoms with Gasteiger partial charge in [0.25, 0.3) is 0 Å². The first-order valence-electron chi connectivity index (χ1n) is 9.34. The Morgan fingerprint density at radius 1 is 1.25 bits per heavy atom. The highest BCUT2D eigenvalue weighted by Gasteiger charge is 2.29. The van der Waals surface area contributed by atoms with Gasteiger partial charge in [-0.25, -0.2) is 4.79 Å². The Bertz CT molecular complexity index is 1070. The minimum Gasteiger partial charge on any atom is -0.480 e. The molecule has 8 nitrogen and oxygen atoms in total. The highest BCUT2D eigenvalue weighted by molar-refractivity contribution is 6.30. The van der Waals surface area contributed by atoms with E-state index in [1.165, 1.54) is 24.3 Å². The van der Waals surface area contributed by atoms with Crippen molar-refractivity contribution in [3.05, 3.63) is 53.0 Å². The fourth-order valence-corrected chi connectivity index (χ4v) is 2.57. The molecule has 0 radical (unpaired) electrons. The molecule has 170 valence electrons. The molecule has 0 spiro atoms. The second-order valence-corrected chi connectivity index (χ2v) is 7.33. The molecule has 0 fully saturated rings. The van der Waals surface area contributed by atoms with Crippen molar-refractivity contribution in [2.75, 3.05) is 6.61 Å². The number of halogens is 4. The maximum absolute atomic E-state index is 12.6. The SMILES string of the molecule is CC(C)c1cc(CNC(=O)Oc2ncc(OCC(F)(F)F)c(-c3ccc(Cl)cc3)n2)on1. The van der Waals surface area contributed by atoms with E-state index in [1.54, 1.807) is 6.07 Å². The minimum atomic E-state index is -4.55. The molecule has 0 saturated heterocycles. The number of hydrogen-bond donors (Lipinski definition) is 1. The normalized spacial score (nSPS) is 11.5. The van der Waals surface area contributed by atoms with Crippen LogP contribution in [0.1, 0.15) is 31.2 Å². The van der Waals surface area contributed by atoms with Crippen molar-refractivity contribution in [1.82, 2.24) is 20.4 Å². The summed E-state index contributed by atoms with van der Waals surface area (Å²) in [5.74, 6) is 0.349. The van der Waals surface area contributed by atoms with Crippen LogP contribution in [0.25, 0.3) is 11.3 Å². The van der Waals surface area contributed by atoms with Crippen LogP contribution in [-0.4, -0.2) is 34.0 Å². The molecule has 32 heavy (non-hydrogen) atoms. The third-order valence-electron chi connectivity index (χ3n) is 4.00. The lowest BCUT2D eigenvalue weighted by molar-refractivity contribution is -0.153. The number of alkyl halides is 3. The maximum Gasteiger partial charge on any atom is 0.422 e. The number of aromatic nitrogens is 3. The Hall–Kier alpha value is -3.34. The van der Waals surface area contributed by atoms with Crippen molar-refractivity contribution in [3.63, 3.8) is 0 Å². The maximum atomic E-state index is 12.6. The van der Waals surface area contributed by atoms with E-state index in [2.05, 4.69) is 20.4 Å². The molecule has 0 aliphatic carbocycles. The predicted molar refractivity (Wildman–Crippen MR) is 107 cm³/mol. The van der Waals surface area contributed by atoms with E-state index >= 15 is 0 Å². The molecular weight excluding hydrogens is 453 g/mol. The van der Waals surface area contributed by atoms with Gasteiger partial charge in [-0.15, -0.1) is 0 Å². The number of carbonyl (C=O) groups is 1. The van der Waals surface area contributed by atoms with Gasteiger partial charge in [-0.2, -0.15) is 23.1 Å². The summed E-state index contributed by atoms with van der Waals surface area (Å²) in [6.07, 6.45) is -4.45. The summed E-state index contributed by atoms with van der Waals surface area (Å²) in [5.41, 5.74) is 1.13. The molecule has 0 bridgehead atoms. The number of benzene rings is 1. The highest BCUT2D eigenvalue weighted by Crippen LogP contribution is 2.31. The van der Waals surface area contributed by atoms with Crippen LogP contribution in [0.4, 0.5) is 18.0 Å². The smallest absolute Gasteiger partial charge is 0.422 e. The second kappa shape index (κ2) is 9.86. The van der Waals surface area contributed by atoms with Gasteiger partial charge in [0.1, 0.15) is 5.69 Å². The first kappa shape index (κ1) is 23.3. The fraction of sp³-hybridized carbons (Fsp3) is 0.300. The van der Waals surface area contributed by atoms with E-state index in [9.17, 15) is 18.0 Å². The third kappa shape index (κ3) is 6.58. The third-order valence-corrected chi connectivity index (χ3v) is 4.25. The van der Waals surface area contributed by atoms with Gasteiger partial charge in [0.2, 0.25) is 0 Å². The van der Waals surface area contributed by atoms with Crippen molar-refractivity contribution >= 4 is 17.7 Å². The molecule has 12 heteroatoms. The van der Waals surface area contributed by atoms with Crippen LogP contribution in [0, 0.1) is 0 Å². The predicted octanol–water partition coefficient (Wildman–Crippen LogP) is 5.14. The molecule has 1 aromatic carbocycles. The van der Waals surface area contributed by atoms with Crippen LogP contribution in [0.3, 0.4) is 0 Å². The van der Waals surface area contributed by atoms with Gasteiger partial charge in [-0.05, 0) is 18.1 Å². The van der Waals surface area contributed by atoms with Crippen LogP contribution in [0.2, 0.25) is 5.02 Å². The average molecular weight is 471 g/mol. The van der Waals surface area contributed by atoms with Crippen LogP contribution >= 0.6 is 11.6 Å². The van der Waals surface area contributed by atoms with E-state index < -0.39 is 18.9 Å². The van der Waals surface area contributed by atoms with Crippen LogP contribution < -0.4 is 14.8 Å². The van der Waals surface area contributed by atoms with Gasteiger partial charge in [0.05, 0.1) is 18.4 Å². The molecule has 0 atom stereocenters. The van der Waals surface area contributed by atoms with Crippen LogP contribution in [-0.2, 0) is 6.54 Å². The van der Waals surface area contributed by atoms with Crippen molar-refractivity contribution in [1.29, 1.82) is 0 Å². The first-order chi connectivity index (χ1) is 15.1. The molecule has 0 saturated carbocycles. The van der Waals surface area contributed by atoms with Gasteiger partial charge in [-0.3, -0.25) is 0 Å². The first-order valence-corrected chi connectivity index (χ1v) is 9.72. The summed E-state index contributed by atoms with van der Waals surface area (Å²) in [6, 6.07) is 7.45. The topological polar surface area (TPSA) is 99.4 Å². The van der Waals surface area contributed by atoms with E-state index in [4.69, 9.17) is 25.6 Å². The lowest BCUT2D eigenvalue weighted by Crippen LogP contribution is -2.27. The lowest BCUT2D eigenvalue weighted by atomic mass is 10.1. The number of rotatable bonds is 7. The number of nitrogens with one attached hydrogen (secondary N) is 1. The molecule has 0 aliphatic heterocycles. The molecule has 3 aromatic rings. The number of nitrogens with zero attached hydrogens (tertiary/aromatic N) is 3. The molecule has 2 heterocycles. The summed E-state index contributed by atoms with van der Waals surface area (Å²) in [4.78, 5) is 19.9. The zero-order chi connectivity index (χ0) is 23.3. The van der Waals surface area contributed by atoms with Gasteiger partial charge >= 0.3 is 18.3 Å². The summed E-state index contributed by atoms with van der Waals surface area (Å²) >= 11 is 5.86. The molecule has 2 aromatic heterocycles. The summed E-state index contributed by atoms with van der Waals surface area (Å²) in [6.45, 7) is 2.37. The zero-order valence-electron chi connectivity index (χ0n) is 16.9. The molecular formula is C20H18ClF3N4O4. The van der Waals surface area contributed by atoms with Crippen molar-refractivity contribution in [2.45, 2.75) is 32.5 Å². The van der Waals surface area contributed by atoms with Gasteiger partial charge in [-0.1, -0.05) is 42.7 Å². The molecule has 3 rings (SSSR count). The van der Waals surface area contributed by atoms with Crippen molar-refractivity contribution in [3.8, 4) is 23.0 Å². The Morgan fingerprint density at radius 2 is 1.97 bits per heavy atom. The summed E-state index contributed by atoms with van der Waals surface area (Å²) in [5, 5.41) is 6.75. The number of ether oxygens (including phenoxy) is 2. The number of carbonyl (C=O) groups excluding carboxylic acids is 1. The van der Waals surface area contributed by atoms with Crippen molar-refractivity contribution < 1.29 is 32.0 Å². The van der Waals surface area contributed by atoms with E-state index in [0.29, 0.717) is 16.3 Å². The summed E-state index contributed by atoms with van der Waals surface area (Å²) in [7, 11) is 0. The highest BCUT2D eigenvalue weighted by atomic mass is 35.5. The Kier molecular flexibility index (Phi) is 7.18. The monoisotopic (exact) mass is 470 g/mol. The zero-order valence-corrected chi connectivity index (χ0v) is 17.7. The van der Waals surface area contributed by atoms with Gasteiger partial charge < -0.3 is 19.3 Å². The molecule has 0 aliphatic rings. The standard InChI is InChI=1S/C20H18ClF3N4O4/c1-11(2)15-7-14(32-28-15)8-26-19(29)31-18-25-9-16(30-10-20(22,23)24)17(27-18)12-3-5-13(21)6-4-12/h3-7,9,11H,8,10H2,1-2H3,(H,26,29). The molecule has 1 amide bonds. The van der Waals surface area contributed by atoms with E-state index in [0.717, 1.165) is 11.9 Å². The Labute approximate surface area is 185 Å². The fourth-order valence-electron chi connectivity index (χ4n) is 2.45. The number of amides is 1. The largest absolute Gasteiger partial charge is 0.480 e. The Balaban J connectivity index is 1.73. The molecule has 1 N–H and O–H groups in total. The number of hydrogen-bond acceptors (Lipinski definition) is 7. The quantitative estimate of drug-likeness (QED) is 0.510. The average Bonchev–Trinajstić information content (AvgIpc) is 3.21. The Morgan fingerprint density at radius 3 is 2.59 bits per heavy atom. The van der Waals surface area contributed by atoms with E-state index in [-0.39, 0.29) is 29.9 Å². The minimum absolute atomic E-state index is 0.000487. The van der Waals surface area contributed by atoms with Crippen LogP contribution in [0.15, 0.2) is 41.1 Å². The lowest BCUT2D eigenvalue weighted by Gasteiger charge is -2.13. The molecule has 0 unspecified atom stereocenters. The summed E-state index contributed by atoms with van der Waals surface area (Å²) < 4.78 is 52.7.